The van der Waals surface area contributed by atoms with Crippen LogP contribution < -0.4 is 11.2 Å². The van der Waals surface area contributed by atoms with Crippen LogP contribution in [0.15, 0.2) is 33.5 Å². The van der Waals surface area contributed by atoms with Crippen LogP contribution in [-0.2, 0) is 0 Å². The predicted octanol–water partition coefficient (Wildman–Crippen LogP) is 1.68. The molecule has 0 aliphatic rings. The van der Waals surface area contributed by atoms with Crippen LogP contribution in [0.4, 0.5) is 5.88 Å². The zero-order valence-corrected chi connectivity index (χ0v) is 7.20. The summed E-state index contributed by atoms with van der Waals surface area (Å²) in [7, 11) is 0. The quantitative estimate of drug-likeness (QED) is 0.662. The third-order valence-electron chi connectivity index (χ3n) is 1.90. The lowest BCUT2D eigenvalue weighted by Gasteiger charge is -1.98. The molecule has 1 aromatic carbocycles. The number of fused-ring (bicyclic) bond motifs is 1. The first-order valence-corrected chi connectivity index (χ1v) is 3.97. The van der Waals surface area contributed by atoms with Gasteiger partial charge in [-0.05, 0) is 24.6 Å². The van der Waals surface area contributed by atoms with Gasteiger partial charge in [-0.3, -0.25) is 4.79 Å². The Kier molecular flexibility index (Phi) is 1.59. The average Bonchev–Trinajstić information content (AvgIpc) is 2.02. The fraction of sp³-hybridized carbons (Fsp3) is 0.100. The molecule has 2 N–H and O–H groups in total. The highest BCUT2D eigenvalue weighted by molar-refractivity contribution is 5.77. The van der Waals surface area contributed by atoms with Crippen LogP contribution in [0.5, 0.6) is 0 Å². The Morgan fingerprint density at radius 3 is 2.85 bits per heavy atom. The van der Waals surface area contributed by atoms with Crippen LogP contribution in [0.2, 0.25) is 0 Å². The molecule has 0 unspecified atom stereocenters. The van der Waals surface area contributed by atoms with Gasteiger partial charge in [0.15, 0.2) is 11.3 Å². The third-order valence-corrected chi connectivity index (χ3v) is 1.90. The number of benzene rings is 1. The van der Waals surface area contributed by atoms with Crippen LogP contribution >= 0.6 is 0 Å². The van der Waals surface area contributed by atoms with Crippen molar-refractivity contribution in [1.29, 1.82) is 0 Å². The van der Waals surface area contributed by atoms with Gasteiger partial charge < -0.3 is 10.2 Å². The van der Waals surface area contributed by atoms with Crippen molar-refractivity contribution in [2.24, 2.45) is 0 Å². The maximum absolute atomic E-state index is 11.4. The van der Waals surface area contributed by atoms with Crippen molar-refractivity contribution in [3.8, 4) is 0 Å². The van der Waals surface area contributed by atoms with E-state index in [-0.39, 0.29) is 11.3 Å². The van der Waals surface area contributed by atoms with Gasteiger partial charge in [0, 0.05) is 6.07 Å². The van der Waals surface area contributed by atoms with Crippen molar-refractivity contribution < 1.29 is 4.42 Å². The lowest BCUT2D eigenvalue weighted by atomic mass is 10.2. The average molecular weight is 175 g/mol. The van der Waals surface area contributed by atoms with E-state index in [1.807, 2.05) is 13.0 Å². The molecule has 0 saturated carbocycles. The van der Waals surface area contributed by atoms with Gasteiger partial charge in [-0.15, -0.1) is 0 Å². The van der Waals surface area contributed by atoms with E-state index in [2.05, 4.69) is 0 Å². The minimum absolute atomic E-state index is 0.0984. The van der Waals surface area contributed by atoms with E-state index < -0.39 is 0 Å². The maximum atomic E-state index is 11.4. The second kappa shape index (κ2) is 2.62. The zero-order chi connectivity index (χ0) is 9.42. The van der Waals surface area contributed by atoms with Crippen LogP contribution in [0, 0.1) is 6.92 Å². The standard InChI is InChI=1S/C10H9NO2/c1-6-2-3-7-8(12)5-10(11)13-9(7)4-6/h2-5H,11H2,1H3. The van der Waals surface area contributed by atoms with E-state index in [1.54, 1.807) is 12.1 Å². The topological polar surface area (TPSA) is 56.2 Å². The minimum Gasteiger partial charge on any atom is -0.441 e. The number of rotatable bonds is 0. The Labute approximate surface area is 74.8 Å². The highest BCUT2D eigenvalue weighted by Crippen LogP contribution is 2.14. The second-order valence-corrected chi connectivity index (χ2v) is 3.01. The zero-order valence-electron chi connectivity index (χ0n) is 7.20. The number of nitrogen functional groups attached to an aromatic ring is 1. The summed E-state index contributed by atoms with van der Waals surface area (Å²) in [6.07, 6.45) is 0. The van der Waals surface area contributed by atoms with Crippen LogP contribution in [0.25, 0.3) is 11.0 Å². The SMILES string of the molecule is Cc1ccc2c(=O)cc(N)oc2c1. The molecule has 13 heavy (non-hydrogen) atoms. The summed E-state index contributed by atoms with van der Waals surface area (Å²) in [4.78, 5) is 11.4. The van der Waals surface area contributed by atoms with E-state index in [4.69, 9.17) is 10.2 Å². The van der Waals surface area contributed by atoms with E-state index in [9.17, 15) is 4.79 Å². The van der Waals surface area contributed by atoms with Crippen molar-refractivity contribution in [3.05, 3.63) is 40.1 Å². The van der Waals surface area contributed by atoms with Gasteiger partial charge in [0.25, 0.3) is 0 Å². The van der Waals surface area contributed by atoms with Gasteiger partial charge in [0.2, 0.25) is 0 Å². The van der Waals surface area contributed by atoms with E-state index in [1.165, 1.54) is 6.07 Å². The van der Waals surface area contributed by atoms with Crippen LogP contribution in [0.3, 0.4) is 0 Å². The van der Waals surface area contributed by atoms with Gasteiger partial charge in [0.05, 0.1) is 5.39 Å². The molecule has 0 spiro atoms. The van der Waals surface area contributed by atoms with Gasteiger partial charge >= 0.3 is 0 Å². The lowest BCUT2D eigenvalue weighted by Crippen LogP contribution is -2.01. The van der Waals surface area contributed by atoms with E-state index >= 15 is 0 Å². The molecule has 0 radical (unpaired) electrons. The number of hydrogen-bond donors (Lipinski definition) is 1. The van der Waals surface area contributed by atoms with E-state index in [0.717, 1.165) is 5.56 Å². The maximum Gasteiger partial charge on any atom is 0.194 e. The Morgan fingerprint density at radius 2 is 2.08 bits per heavy atom. The Morgan fingerprint density at radius 1 is 1.31 bits per heavy atom. The monoisotopic (exact) mass is 175 g/mol. The van der Waals surface area contributed by atoms with Crippen molar-refractivity contribution in [1.82, 2.24) is 0 Å². The predicted molar refractivity (Wildman–Crippen MR) is 51.6 cm³/mol. The molecule has 0 aliphatic carbocycles. The molecule has 3 heteroatoms. The molecular weight excluding hydrogens is 166 g/mol. The first-order valence-electron chi connectivity index (χ1n) is 3.97. The molecule has 1 heterocycles. The molecule has 3 nitrogen and oxygen atoms in total. The molecule has 2 aromatic rings. The molecule has 1 aromatic heterocycles. The third kappa shape index (κ3) is 1.28. The summed E-state index contributed by atoms with van der Waals surface area (Å²) in [5, 5.41) is 0.569. The molecule has 66 valence electrons. The summed E-state index contributed by atoms with van der Waals surface area (Å²) in [5.41, 5.74) is 6.90. The minimum atomic E-state index is -0.0984. The molecule has 0 amide bonds. The molecule has 0 aliphatic heterocycles. The van der Waals surface area contributed by atoms with Crippen molar-refractivity contribution in [2.45, 2.75) is 6.92 Å². The first kappa shape index (κ1) is 7.86. The summed E-state index contributed by atoms with van der Waals surface area (Å²) in [5.74, 6) is 0.156. The first-order chi connectivity index (χ1) is 6.16. The summed E-state index contributed by atoms with van der Waals surface area (Å²) in [6, 6.07) is 6.70. The van der Waals surface area contributed by atoms with Crippen molar-refractivity contribution in [2.75, 3.05) is 5.73 Å². The number of aryl methyl sites for hydroxylation is 1. The molecule has 0 fully saturated rings. The largest absolute Gasteiger partial charge is 0.441 e. The number of nitrogens with two attached hydrogens (primary N) is 1. The highest BCUT2D eigenvalue weighted by atomic mass is 16.3. The fourth-order valence-electron chi connectivity index (χ4n) is 1.28. The van der Waals surface area contributed by atoms with Crippen LogP contribution in [-0.4, -0.2) is 0 Å². The Bertz CT molecular complexity index is 509. The molecular formula is C10H9NO2. The van der Waals surface area contributed by atoms with Gasteiger partial charge in [-0.1, -0.05) is 6.07 Å². The summed E-state index contributed by atoms with van der Waals surface area (Å²) in [6.45, 7) is 1.93. The number of hydrogen-bond acceptors (Lipinski definition) is 3. The second-order valence-electron chi connectivity index (χ2n) is 3.01. The van der Waals surface area contributed by atoms with Crippen LogP contribution in [0.1, 0.15) is 5.56 Å². The summed E-state index contributed by atoms with van der Waals surface area (Å²) >= 11 is 0. The van der Waals surface area contributed by atoms with E-state index in [0.29, 0.717) is 11.0 Å². The molecule has 0 atom stereocenters. The highest BCUT2D eigenvalue weighted by Gasteiger charge is 2.01. The smallest absolute Gasteiger partial charge is 0.194 e. The van der Waals surface area contributed by atoms with Gasteiger partial charge in [0.1, 0.15) is 5.58 Å². The molecule has 0 saturated heterocycles. The van der Waals surface area contributed by atoms with Crippen molar-refractivity contribution in [3.63, 3.8) is 0 Å². The fourth-order valence-corrected chi connectivity index (χ4v) is 1.28. The lowest BCUT2D eigenvalue weighted by molar-refractivity contribution is 0.624. The normalized spacial score (nSPS) is 10.5. The Hall–Kier alpha value is -1.77. The molecule has 2 rings (SSSR count). The van der Waals surface area contributed by atoms with Gasteiger partial charge in [-0.25, -0.2) is 0 Å². The van der Waals surface area contributed by atoms with Crippen molar-refractivity contribution >= 4 is 16.9 Å². The van der Waals surface area contributed by atoms with Gasteiger partial charge in [-0.2, -0.15) is 0 Å². The summed E-state index contributed by atoms with van der Waals surface area (Å²) < 4.78 is 5.20. The number of anilines is 1. The Balaban J connectivity index is 2.95. The molecule has 0 bridgehead atoms.